The SMILES string of the molecule is CCC(NCc1ccc(O)cc1O)c1cccs1. The molecule has 4 heteroatoms. The number of rotatable bonds is 5. The van der Waals surface area contributed by atoms with Crippen LogP contribution in [0, 0.1) is 0 Å². The first-order chi connectivity index (χ1) is 8.70. The first-order valence-electron chi connectivity index (χ1n) is 5.98. The van der Waals surface area contributed by atoms with E-state index in [2.05, 4.69) is 23.7 Å². The molecule has 1 aromatic heterocycles. The molecule has 18 heavy (non-hydrogen) atoms. The minimum atomic E-state index is 0.0848. The molecule has 0 saturated heterocycles. The Morgan fingerprint density at radius 1 is 1.28 bits per heavy atom. The van der Waals surface area contributed by atoms with Gasteiger partial charge in [0.15, 0.2) is 0 Å². The van der Waals surface area contributed by atoms with Gasteiger partial charge in [0.25, 0.3) is 0 Å². The smallest absolute Gasteiger partial charge is 0.123 e. The summed E-state index contributed by atoms with van der Waals surface area (Å²) in [6, 6.07) is 9.15. The summed E-state index contributed by atoms with van der Waals surface area (Å²) in [7, 11) is 0. The van der Waals surface area contributed by atoms with Crippen LogP contribution in [0.25, 0.3) is 0 Å². The van der Waals surface area contributed by atoms with E-state index in [4.69, 9.17) is 0 Å². The maximum absolute atomic E-state index is 9.71. The van der Waals surface area contributed by atoms with Gasteiger partial charge in [-0.15, -0.1) is 11.3 Å². The van der Waals surface area contributed by atoms with Crippen molar-refractivity contribution >= 4 is 11.3 Å². The molecule has 0 aliphatic carbocycles. The Labute approximate surface area is 111 Å². The molecular formula is C14H17NO2S. The molecule has 96 valence electrons. The van der Waals surface area contributed by atoms with Gasteiger partial charge in [-0.25, -0.2) is 0 Å². The Hall–Kier alpha value is -1.52. The van der Waals surface area contributed by atoms with E-state index >= 15 is 0 Å². The Kier molecular flexibility index (Phi) is 4.23. The third-order valence-electron chi connectivity index (χ3n) is 2.90. The average molecular weight is 263 g/mol. The molecule has 1 unspecified atom stereocenters. The number of hydrogen-bond acceptors (Lipinski definition) is 4. The second kappa shape index (κ2) is 5.89. The Bertz CT molecular complexity index is 497. The van der Waals surface area contributed by atoms with Gasteiger partial charge < -0.3 is 15.5 Å². The lowest BCUT2D eigenvalue weighted by atomic mass is 10.1. The lowest BCUT2D eigenvalue weighted by molar-refractivity contribution is 0.439. The van der Waals surface area contributed by atoms with Gasteiger partial charge in [0, 0.05) is 29.1 Å². The van der Waals surface area contributed by atoms with Crippen LogP contribution in [0.1, 0.15) is 29.8 Å². The number of thiophene rings is 1. The second-order valence-electron chi connectivity index (χ2n) is 4.17. The largest absolute Gasteiger partial charge is 0.508 e. The summed E-state index contributed by atoms with van der Waals surface area (Å²) in [5, 5.41) is 24.4. The molecule has 1 atom stereocenters. The van der Waals surface area contributed by atoms with Crippen LogP contribution in [0.3, 0.4) is 0 Å². The van der Waals surface area contributed by atoms with Gasteiger partial charge in [-0.1, -0.05) is 19.1 Å². The summed E-state index contributed by atoms with van der Waals surface area (Å²) in [5.41, 5.74) is 0.794. The zero-order valence-corrected chi connectivity index (χ0v) is 11.1. The van der Waals surface area contributed by atoms with E-state index in [0.29, 0.717) is 12.6 Å². The van der Waals surface area contributed by atoms with Crippen LogP contribution in [0.4, 0.5) is 0 Å². The molecule has 2 rings (SSSR count). The highest BCUT2D eigenvalue weighted by molar-refractivity contribution is 7.10. The fourth-order valence-electron chi connectivity index (χ4n) is 1.87. The zero-order chi connectivity index (χ0) is 13.0. The van der Waals surface area contributed by atoms with Crippen LogP contribution in [0.15, 0.2) is 35.7 Å². The number of aromatic hydroxyl groups is 2. The number of nitrogens with one attached hydrogen (secondary N) is 1. The van der Waals surface area contributed by atoms with Gasteiger partial charge in [0.2, 0.25) is 0 Å². The van der Waals surface area contributed by atoms with Gasteiger partial charge in [0.1, 0.15) is 11.5 Å². The van der Waals surface area contributed by atoms with Crippen molar-refractivity contribution in [3.8, 4) is 11.5 Å². The van der Waals surface area contributed by atoms with Gasteiger partial charge >= 0.3 is 0 Å². The maximum atomic E-state index is 9.71. The average Bonchev–Trinajstić information content (AvgIpc) is 2.86. The summed E-state index contributed by atoms with van der Waals surface area (Å²) in [6.07, 6.45) is 0.999. The van der Waals surface area contributed by atoms with Gasteiger partial charge in [-0.2, -0.15) is 0 Å². The molecular weight excluding hydrogens is 246 g/mol. The normalized spacial score (nSPS) is 12.5. The topological polar surface area (TPSA) is 52.5 Å². The summed E-state index contributed by atoms with van der Waals surface area (Å²) in [4.78, 5) is 1.30. The van der Waals surface area contributed by atoms with Crippen molar-refractivity contribution < 1.29 is 10.2 Å². The van der Waals surface area contributed by atoms with E-state index in [-0.39, 0.29) is 11.5 Å². The Morgan fingerprint density at radius 2 is 2.11 bits per heavy atom. The maximum Gasteiger partial charge on any atom is 0.123 e. The van der Waals surface area contributed by atoms with Crippen LogP contribution < -0.4 is 5.32 Å². The second-order valence-corrected chi connectivity index (χ2v) is 5.15. The predicted molar refractivity (Wildman–Crippen MR) is 74.0 cm³/mol. The molecule has 0 aliphatic heterocycles. The minimum absolute atomic E-state index is 0.0848. The lowest BCUT2D eigenvalue weighted by Gasteiger charge is -2.16. The quantitative estimate of drug-likeness (QED) is 0.775. The van der Waals surface area contributed by atoms with E-state index < -0.39 is 0 Å². The number of hydrogen-bond donors (Lipinski definition) is 3. The fraction of sp³-hybridized carbons (Fsp3) is 0.286. The molecule has 3 nitrogen and oxygen atoms in total. The van der Waals surface area contributed by atoms with Crippen molar-refractivity contribution in [2.75, 3.05) is 0 Å². The van der Waals surface area contributed by atoms with Crippen molar-refractivity contribution in [1.29, 1.82) is 0 Å². The predicted octanol–water partition coefficient (Wildman–Crippen LogP) is 3.40. The monoisotopic (exact) mass is 263 g/mol. The molecule has 0 fully saturated rings. The van der Waals surface area contributed by atoms with E-state index in [0.717, 1.165) is 12.0 Å². The molecule has 0 spiro atoms. The molecule has 3 N–H and O–H groups in total. The Balaban J connectivity index is 2.02. The third-order valence-corrected chi connectivity index (χ3v) is 3.89. The molecule has 2 aromatic rings. The highest BCUT2D eigenvalue weighted by Crippen LogP contribution is 2.25. The highest BCUT2D eigenvalue weighted by Gasteiger charge is 2.10. The molecule has 0 bridgehead atoms. The van der Waals surface area contributed by atoms with Crippen LogP contribution >= 0.6 is 11.3 Å². The lowest BCUT2D eigenvalue weighted by Crippen LogP contribution is -2.19. The van der Waals surface area contributed by atoms with Gasteiger partial charge in [-0.3, -0.25) is 0 Å². The van der Waals surface area contributed by atoms with Crippen LogP contribution in [-0.4, -0.2) is 10.2 Å². The zero-order valence-electron chi connectivity index (χ0n) is 10.3. The summed E-state index contributed by atoms with van der Waals surface area (Å²) >= 11 is 1.73. The minimum Gasteiger partial charge on any atom is -0.508 e. The van der Waals surface area contributed by atoms with Crippen molar-refractivity contribution in [3.63, 3.8) is 0 Å². The molecule has 1 heterocycles. The molecule has 0 radical (unpaired) electrons. The van der Waals surface area contributed by atoms with Gasteiger partial charge in [-0.05, 0) is 23.9 Å². The molecule has 0 aliphatic rings. The first kappa shape index (κ1) is 12.9. The summed E-state index contributed by atoms with van der Waals surface area (Å²) < 4.78 is 0. The van der Waals surface area contributed by atoms with E-state index in [9.17, 15) is 10.2 Å². The van der Waals surface area contributed by atoms with Crippen LogP contribution in [0.5, 0.6) is 11.5 Å². The van der Waals surface area contributed by atoms with Crippen molar-refractivity contribution in [1.82, 2.24) is 5.32 Å². The van der Waals surface area contributed by atoms with Crippen molar-refractivity contribution in [2.24, 2.45) is 0 Å². The molecule has 0 amide bonds. The first-order valence-corrected chi connectivity index (χ1v) is 6.86. The van der Waals surface area contributed by atoms with Crippen LogP contribution in [-0.2, 0) is 6.54 Å². The van der Waals surface area contributed by atoms with E-state index in [1.54, 1.807) is 23.5 Å². The summed E-state index contributed by atoms with van der Waals surface area (Å²) in [5.74, 6) is 0.213. The van der Waals surface area contributed by atoms with Crippen molar-refractivity contribution in [3.05, 3.63) is 46.2 Å². The number of benzene rings is 1. The number of phenols is 2. The highest BCUT2D eigenvalue weighted by atomic mass is 32.1. The third kappa shape index (κ3) is 3.03. The fourth-order valence-corrected chi connectivity index (χ4v) is 2.76. The van der Waals surface area contributed by atoms with Gasteiger partial charge in [0.05, 0.1) is 0 Å². The standard InChI is InChI=1S/C14H17NO2S/c1-2-12(14-4-3-7-18-14)15-9-10-5-6-11(16)8-13(10)17/h3-8,12,15-17H,2,9H2,1H3. The van der Waals surface area contributed by atoms with Crippen LogP contribution in [0.2, 0.25) is 0 Å². The van der Waals surface area contributed by atoms with E-state index in [1.165, 1.54) is 10.9 Å². The van der Waals surface area contributed by atoms with E-state index in [1.807, 2.05) is 6.07 Å². The molecule has 0 saturated carbocycles. The summed E-state index contributed by atoms with van der Waals surface area (Å²) in [6.45, 7) is 2.72. The molecule has 1 aromatic carbocycles. The number of phenolic OH excluding ortho intramolecular Hbond substituents is 2. The van der Waals surface area contributed by atoms with Crippen molar-refractivity contribution in [2.45, 2.75) is 25.9 Å². The Morgan fingerprint density at radius 3 is 2.72 bits per heavy atom.